The van der Waals surface area contributed by atoms with Crippen molar-refractivity contribution in [1.82, 2.24) is 10.2 Å². The molecule has 4 rings (SSSR count). The number of unbranched alkanes of at least 4 members (excludes halogenated alkanes) is 1. The number of likely N-dealkylation sites (tertiary alicyclic amines) is 1. The Balaban J connectivity index is 1.63. The Hall–Kier alpha value is -2.17. The molecule has 3 aliphatic rings. The van der Waals surface area contributed by atoms with Crippen LogP contribution in [-0.4, -0.2) is 75.6 Å². The maximum atomic E-state index is 13.8. The second kappa shape index (κ2) is 10.3. The van der Waals surface area contributed by atoms with Gasteiger partial charge in [-0.2, -0.15) is 0 Å². The predicted molar refractivity (Wildman–Crippen MR) is 138 cm³/mol. The standard InChI is InChI=1S/C26H36BrN3O6/c1-5-35-16-10-8-15(9-11-16)28-22(32)18-19-24(34)30(12-6-7-13-31)21(23(33)29-25(2,3)4)26(19)14-17(27)20(18)36-26/h8-11,17-21,31H,5-7,12-14H2,1-4H3,(H,28,32)(H,29,33)/t17?,18-,19+,20-,21?,26?/m1/s1. The van der Waals surface area contributed by atoms with Gasteiger partial charge in [0, 0.05) is 29.2 Å². The lowest BCUT2D eigenvalue weighted by Gasteiger charge is -2.36. The van der Waals surface area contributed by atoms with Crippen molar-refractivity contribution >= 4 is 39.3 Å². The van der Waals surface area contributed by atoms with Gasteiger partial charge in [-0.25, -0.2) is 0 Å². The number of hydrogen-bond donors (Lipinski definition) is 3. The third-order valence-electron chi connectivity index (χ3n) is 7.08. The molecule has 3 heterocycles. The largest absolute Gasteiger partial charge is 0.494 e. The van der Waals surface area contributed by atoms with Crippen molar-refractivity contribution < 1.29 is 29.0 Å². The first-order valence-electron chi connectivity index (χ1n) is 12.6. The van der Waals surface area contributed by atoms with Crippen LogP contribution in [0.1, 0.15) is 47.0 Å². The zero-order valence-corrected chi connectivity index (χ0v) is 22.8. The first-order valence-corrected chi connectivity index (χ1v) is 13.5. The number of carbonyl (C=O) groups excluding carboxylic acids is 3. The van der Waals surface area contributed by atoms with E-state index in [1.165, 1.54) is 0 Å². The maximum Gasteiger partial charge on any atom is 0.246 e. The number of rotatable bonds is 9. The minimum Gasteiger partial charge on any atom is -0.494 e. The fraction of sp³-hybridized carbons (Fsp3) is 0.654. The minimum atomic E-state index is -1.09. The smallest absolute Gasteiger partial charge is 0.246 e. The normalized spacial score (nSPS) is 30.9. The zero-order chi connectivity index (χ0) is 26.3. The summed E-state index contributed by atoms with van der Waals surface area (Å²) < 4.78 is 11.9. The van der Waals surface area contributed by atoms with Crippen LogP contribution in [0.2, 0.25) is 0 Å². The average molecular weight is 566 g/mol. The van der Waals surface area contributed by atoms with Crippen LogP contribution in [0.15, 0.2) is 24.3 Å². The molecule has 3 saturated heterocycles. The highest BCUT2D eigenvalue weighted by Crippen LogP contribution is 2.60. The van der Waals surface area contributed by atoms with Crippen LogP contribution in [0.25, 0.3) is 0 Å². The van der Waals surface area contributed by atoms with Gasteiger partial charge in [0.15, 0.2) is 0 Å². The molecule has 0 aromatic heterocycles. The fourth-order valence-electron chi connectivity index (χ4n) is 5.83. The molecule has 9 nitrogen and oxygen atoms in total. The first-order chi connectivity index (χ1) is 17.0. The number of nitrogens with zero attached hydrogens (tertiary/aromatic N) is 1. The summed E-state index contributed by atoms with van der Waals surface area (Å²) in [4.78, 5) is 42.4. The third-order valence-corrected chi connectivity index (χ3v) is 7.92. The molecular formula is C26H36BrN3O6. The van der Waals surface area contributed by atoms with Gasteiger partial charge in [0.1, 0.15) is 17.4 Å². The predicted octanol–water partition coefficient (Wildman–Crippen LogP) is 2.46. The van der Waals surface area contributed by atoms with E-state index in [0.29, 0.717) is 43.9 Å². The van der Waals surface area contributed by atoms with Crippen molar-refractivity contribution in [2.75, 3.05) is 25.1 Å². The lowest BCUT2D eigenvalue weighted by Crippen LogP contribution is -2.58. The number of aliphatic hydroxyl groups excluding tert-OH is 1. The van der Waals surface area contributed by atoms with Gasteiger partial charge >= 0.3 is 0 Å². The Morgan fingerprint density at radius 3 is 2.53 bits per heavy atom. The lowest BCUT2D eigenvalue weighted by molar-refractivity contribution is -0.142. The number of benzene rings is 1. The summed E-state index contributed by atoms with van der Waals surface area (Å²) in [5.41, 5.74) is -0.996. The first kappa shape index (κ1) is 26.9. The van der Waals surface area contributed by atoms with E-state index in [4.69, 9.17) is 9.47 Å². The summed E-state index contributed by atoms with van der Waals surface area (Å²) in [6.45, 7) is 8.43. The Morgan fingerprint density at radius 1 is 1.22 bits per heavy atom. The molecule has 0 aliphatic carbocycles. The molecule has 1 spiro atoms. The van der Waals surface area contributed by atoms with Gasteiger partial charge in [-0.15, -0.1) is 0 Å². The summed E-state index contributed by atoms with van der Waals surface area (Å²) in [5, 5.41) is 15.2. The maximum absolute atomic E-state index is 13.8. The molecule has 10 heteroatoms. The lowest BCUT2D eigenvalue weighted by atomic mass is 9.70. The summed E-state index contributed by atoms with van der Waals surface area (Å²) in [6, 6.07) is 6.23. The van der Waals surface area contributed by atoms with E-state index >= 15 is 0 Å². The van der Waals surface area contributed by atoms with Gasteiger partial charge in [0.25, 0.3) is 0 Å². The van der Waals surface area contributed by atoms with Crippen molar-refractivity contribution in [3.8, 4) is 5.75 Å². The summed E-state index contributed by atoms with van der Waals surface area (Å²) in [7, 11) is 0. The van der Waals surface area contributed by atoms with Crippen LogP contribution in [0, 0.1) is 11.8 Å². The molecule has 1 aromatic rings. The van der Waals surface area contributed by atoms with E-state index in [1.807, 2.05) is 27.7 Å². The highest BCUT2D eigenvalue weighted by Gasteiger charge is 2.76. The van der Waals surface area contributed by atoms with Gasteiger partial charge in [-0.3, -0.25) is 14.4 Å². The van der Waals surface area contributed by atoms with Crippen LogP contribution < -0.4 is 15.4 Å². The third kappa shape index (κ3) is 4.87. The van der Waals surface area contributed by atoms with E-state index in [1.54, 1.807) is 29.2 Å². The number of halogens is 1. The molecule has 3 N–H and O–H groups in total. The Morgan fingerprint density at radius 2 is 1.92 bits per heavy atom. The molecular weight excluding hydrogens is 530 g/mol. The molecule has 3 fully saturated rings. The topological polar surface area (TPSA) is 117 Å². The molecule has 198 valence electrons. The second-order valence-corrected chi connectivity index (χ2v) is 12.0. The minimum absolute atomic E-state index is 0.00458. The van der Waals surface area contributed by atoms with Gasteiger partial charge in [-0.1, -0.05) is 15.9 Å². The Bertz CT molecular complexity index is 996. The van der Waals surface area contributed by atoms with Crippen LogP contribution in [0.5, 0.6) is 5.75 Å². The van der Waals surface area contributed by atoms with Crippen LogP contribution in [0.3, 0.4) is 0 Å². The highest BCUT2D eigenvalue weighted by atomic mass is 79.9. The molecule has 3 unspecified atom stereocenters. The molecule has 3 aliphatic heterocycles. The molecule has 6 atom stereocenters. The number of hydrogen-bond acceptors (Lipinski definition) is 6. The number of carbonyl (C=O) groups is 3. The summed E-state index contributed by atoms with van der Waals surface area (Å²) >= 11 is 3.67. The van der Waals surface area contributed by atoms with Crippen LogP contribution >= 0.6 is 15.9 Å². The molecule has 2 bridgehead atoms. The number of aliphatic hydroxyl groups is 1. The monoisotopic (exact) mass is 565 g/mol. The Kier molecular flexibility index (Phi) is 7.69. The van der Waals surface area contributed by atoms with E-state index in [0.717, 1.165) is 0 Å². The number of ether oxygens (including phenoxy) is 2. The van der Waals surface area contributed by atoms with Crippen molar-refractivity contribution in [1.29, 1.82) is 0 Å². The van der Waals surface area contributed by atoms with Crippen LogP contribution in [0.4, 0.5) is 5.69 Å². The molecule has 0 saturated carbocycles. The number of anilines is 1. The number of fused-ring (bicyclic) bond motifs is 1. The Labute approximate surface area is 220 Å². The average Bonchev–Trinajstić information content (AvgIpc) is 3.38. The summed E-state index contributed by atoms with van der Waals surface area (Å²) in [5.74, 6) is -1.62. The number of alkyl halides is 1. The SMILES string of the molecule is CCOc1ccc(NC(=O)[C@H]2[C@@H]3OC4(CC3Br)C(C(=O)NC(C)(C)C)N(CCCCO)C(=O)[C@H]24)cc1. The van der Waals surface area contributed by atoms with Crippen molar-refractivity contribution in [2.24, 2.45) is 11.8 Å². The van der Waals surface area contributed by atoms with Crippen molar-refractivity contribution in [3.63, 3.8) is 0 Å². The van der Waals surface area contributed by atoms with Crippen molar-refractivity contribution in [2.45, 2.75) is 75.1 Å². The number of nitrogens with one attached hydrogen (secondary N) is 2. The van der Waals surface area contributed by atoms with Gasteiger partial charge in [0.05, 0.1) is 24.5 Å². The molecule has 3 amide bonds. The van der Waals surface area contributed by atoms with Gasteiger partial charge < -0.3 is 30.1 Å². The second-order valence-electron chi connectivity index (χ2n) is 10.8. The van der Waals surface area contributed by atoms with E-state index in [9.17, 15) is 19.5 Å². The molecule has 36 heavy (non-hydrogen) atoms. The number of amides is 3. The summed E-state index contributed by atoms with van der Waals surface area (Å²) in [6.07, 6.45) is 1.00. The fourth-order valence-corrected chi connectivity index (χ4v) is 6.77. The zero-order valence-electron chi connectivity index (χ0n) is 21.3. The van der Waals surface area contributed by atoms with Gasteiger partial charge in [0.2, 0.25) is 17.7 Å². The van der Waals surface area contributed by atoms with Crippen LogP contribution in [-0.2, 0) is 19.1 Å². The highest BCUT2D eigenvalue weighted by molar-refractivity contribution is 9.09. The molecule has 1 aromatic carbocycles. The molecule has 0 radical (unpaired) electrons. The van der Waals surface area contributed by atoms with Gasteiger partial charge in [-0.05, 0) is 71.2 Å². The van der Waals surface area contributed by atoms with E-state index in [-0.39, 0.29) is 29.2 Å². The van der Waals surface area contributed by atoms with E-state index in [2.05, 4.69) is 26.6 Å². The van der Waals surface area contributed by atoms with E-state index < -0.39 is 35.1 Å². The quantitative estimate of drug-likeness (QED) is 0.313. The van der Waals surface area contributed by atoms with Crippen molar-refractivity contribution in [3.05, 3.63) is 24.3 Å².